The van der Waals surface area contributed by atoms with E-state index < -0.39 is 11.7 Å². The van der Waals surface area contributed by atoms with E-state index >= 15 is 0 Å². The van der Waals surface area contributed by atoms with Crippen molar-refractivity contribution in [2.45, 2.75) is 13.5 Å². The first kappa shape index (κ1) is 16.6. The van der Waals surface area contributed by atoms with Crippen LogP contribution >= 0.6 is 0 Å². The lowest BCUT2D eigenvalue weighted by molar-refractivity contribution is -0.112. The van der Waals surface area contributed by atoms with Gasteiger partial charge in [0.25, 0.3) is 11.7 Å². The maximum absolute atomic E-state index is 13.0. The van der Waals surface area contributed by atoms with Crippen molar-refractivity contribution >= 4 is 17.5 Å². The normalized spacial score (nSPS) is 10.5. The minimum atomic E-state index is -0.753. The number of Topliss-reactive ketones (excluding diaryl/α,β-unsaturated/α-hetero) is 1. The molecule has 0 fully saturated rings. The van der Waals surface area contributed by atoms with E-state index in [4.69, 9.17) is 0 Å². The number of rotatable bonds is 5. The van der Waals surface area contributed by atoms with Gasteiger partial charge in [-0.25, -0.2) is 9.37 Å². The molecule has 2 aromatic heterocycles. The summed E-state index contributed by atoms with van der Waals surface area (Å²) in [4.78, 5) is 28.8. The first-order chi connectivity index (χ1) is 12.0. The van der Waals surface area contributed by atoms with Gasteiger partial charge in [-0.05, 0) is 48.9 Å². The molecule has 126 valence electrons. The lowest BCUT2D eigenvalue weighted by atomic mass is 10.2. The number of hydrogen-bond acceptors (Lipinski definition) is 3. The van der Waals surface area contributed by atoms with Gasteiger partial charge in [0.2, 0.25) is 0 Å². The average Bonchev–Trinajstić information content (AvgIpc) is 3.04. The second kappa shape index (κ2) is 7.09. The van der Waals surface area contributed by atoms with Gasteiger partial charge in [-0.1, -0.05) is 18.2 Å². The topological polar surface area (TPSA) is 64.0 Å². The molecule has 0 spiro atoms. The summed E-state index contributed by atoms with van der Waals surface area (Å²) < 4.78 is 14.6. The van der Waals surface area contributed by atoms with Crippen molar-refractivity contribution in [3.63, 3.8) is 0 Å². The summed E-state index contributed by atoms with van der Waals surface area (Å²) >= 11 is 0. The van der Waals surface area contributed by atoms with Gasteiger partial charge in [-0.2, -0.15) is 0 Å². The minimum absolute atomic E-state index is 0.259. The van der Waals surface area contributed by atoms with Crippen LogP contribution in [0.25, 0.3) is 0 Å². The zero-order valence-electron chi connectivity index (χ0n) is 13.6. The zero-order chi connectivity index (χ0) is 17.8. The molecule has 5 nitrogen and oxygen atoms in total. The van der Waals surface area contributed by atoms with Gasteiger partial charge in [0, 0.05) is 18.4 Å². The molecule has 0 aliphatic carbocycles. The summed E-state index contributed by atoms with van der Waals surface area (Å²) in [6.07, 6.45) is 1.70. The van der Waals surface area contributed by atoms with Gasteiger partial charge >= 0.3 is 0 Å². The Morgan fingerprint density at radius 1 is 1.08 bits per heavy atom. The Labute approximate surface area is 144 Å². The number of aromatic nitrogens is 2. The van der Waals surface area contributed by atoms with Gasteiger partial charge in [0.15, 0.2) is 0 Å². The van der Waals surface area contributed by atoms with E-state index in [2.05, 4.69) is 10.3 Å². The molecule has 0 unspecified atom stereocenters. The smallest absolute Gasteiger partial charge is 0.299 e. The van der Waals surface area contributed by atoms with Crippen LogP contribution in [0.2, 0.25) is 0 Å². The van der Waals surface area contributed by atoms with Crippen LogP contribution in [-0.2, 0) is 11.3 Å². The molecule has 0 bridgehead atoms. The molecule has 0 atom stereocenters. The molecule has 3 rings (SSSR count). The highest BCUT2D eigenvalue weighted by Crippen LogP contribution is 2.11. The largest absolute Gasteiger partial charge is 0.340 e. The zero-order valence-corrected chi connectivity index (χ0v) is 13.6. The van der Waals surface area contributed by atoms with Crippen LogP contribution in [0.1, 0.15) is 21.7 Å². The molecular weight excluding hydrogens is 321 g/mol. The second-order valence-corrected chi connectivity index (χ2v) is 5.60. The van der Waals surface area contributed by atoms with E-state index in [9.17, 15) is 14.0 Å². The fourth-order valence-electron chi connectivity index (χ4n) is 2.45. The fourth-order valence-corrected chi connectivity index (χ4v) is 2.45. The molecule has 0 saturated carbocycles. The van der Waals surface area contributed by atoms with Crippen molar-refractivity contribution in [2.24, 2.45) is 0 Å². The van der Waals surface area contributed by atoms with Crippen LogP contribution in [0.4, 0.5) is 10.2 Å². The Morgan fingerprint density at radius 3 is 2.56 bits per heavy atom. The Balaban J connectivity index is 1.75. The lowest BCUT2D eigenvalue weighted by Gasteiger charge is -2.09. The van der Waals surface area contributed by atoms with Gasteiger partial charge in [0.05, 0.1) is 5.69 Å². The summed E-state index contributed by atoms with van der Waals surface area (Å²) in [5.41, 5.74) is 1.83. The standard InChI is InChI=1S/C19H16FN3O2/c1-13-4-2-6-17(21-13)22-19(25)18(24)16-5-3-11-23(16)12-14-7-9-15(20)10-8-14/h2-11H,12H2,1H3,(H,21,22,25). The lowest BCUT2D eigenvalue weighted by Crippen LogP contribution is -2.25. The maximum Gasteiger partial charge on any atom is 0.299 e. The van der Waals surface area contributed by atoms with E-state index in [1.165, 1.54) is 12.1 Å². The number of carbonyl (C=O) groups excluding carboxylic acids is 2. The van der Waals surface area contributed by atoms with Crippen LogP contribution < -0.4 is 5.32 Å². The number of anilines is 1. The molecule has 6 heteroatoms. The van der Waals surface area contributed by atoms with Gasteiger partial charge in [-0.3, -0.25) is 9.59 Å². The highest BCUT2D eigenvalue weighted by Gasteiger charge is 2.20. The van der Waals surface area contributed by atoms with Crippen LogP contribution in [0.15, 0.2) is 60.8 Å². The number of ketones is 1. The number of carbonyl (C=O) groups is 2. The fraction of sp³-hybridized carbons (Fsp3) is 0.105. The molecular formula is C19H16FN3O2. The first-order valence-electron chi connectivity index (χ1n) is 7.72. The van der Waals surface area contributed by atoms with Gasteiger partial charge in [0.1, 0.15) is 11.6 Å². The van der Waals surface area contributed by atoms with Crippen molar-refractivity contribution in [1.82, 2.24) is 9.55 Å². The molecule has 1 aromatic carbocycles. The highest BCUT2D eigenvalue weighted by atomic mass is 19.1. The predicted molar refractivity (Wildman–Crippen MR) is 91.9 cm³/mol. The summed E-state index contributed by atoms with van der Waals surface area (Å²) in [6.45, 7) is 2.16. The molecule has 0 aliphatic rings. The molecule has 0 saturated heterocycles. The SMILES string of the molecule is Cc1cccc(NC(=O)C(=O)c2cccn2Cc2ccc(F)cc2)n1. The molecule has 0 radical (unpaired) electrons. The van der Waals surface area contributed by atoms with E-state index in [0.717, 1.165) is 11.3 Å². The van der Waals surface area contributed by atoms with Gasteiger partial charge < -0.3 is 9.88 Å². The molecule has 1 amide bonds. The number of benzene rings is 1. The Morgan fingerprint density at radius 2 is 1.84 bits per heavy atom. The first-order valence-corrected chi connectivity index (χ1v) is 7.72. The third-order valence-electron chi connectivity index (χ3n) is 3.66. The third kappa shape index (κ3) is 3.98. The molecule has 2 heterocycles. The molecule has 1 N–H and O–H groups in total. The van der Waals surface area contributed by atoms with Crippen molar-refractivity contribution in [3.8, 4) is 0 Å². The monoisotopic (exact) mass is 337 g/mol. The van der Waals surface area contributed by atoms with E-state index in [0.29, 0.717) is 12.4 Å². The van der Waals surface area contributed by atoms with E-state index in [1.807, 2.05) is 0 Å². The Hall–Kier alpha value is -3.28. The van der Waals surface area contributed by atoms with Crippen LogP contribution in [0.3, 0.4) is 0 Å². The average molecular weight is 337 g/mol. The number of nitrogens with zero attached hydrogens (tertiary/aromatic N) is 2. The Kier molecular flexibility index (Phi) is 4.70. The third-order valence-corrected chi connectivity index (χ3v) is 3.66. The van der Waals surface area contributed by atoms with Crippen molar-refractivity contribution in [2.75, 3.05) is 5.32 Å². The van der Waals surface area contributed by atoms with Crippen molar-refractivity contribution in [1.29, 1.82) is 0 Å². The highest BCUT2D eigenvalue weighted by molar-refractivity contribution is 6.46. The number of halogens is 1. The number of hydrogen-bond donors (Lipinski definition) is 1. The quantitative estimate of drug-likeness (QED) is 0.574. The van der Waals surface area contributed by atoms with E-state index in [1.54, 1.807) is 60.2 Å². The molecule has 0 aliphatic heterocycles. The predicted octanol–water partition coefficient (Wildman–Crippen LogP) is 3.20. The Bertz CT molecular complexity index is 916. The number of pyridine rings is 1. The van der Waals surface area contributed by atoms with Crippen LogP contribution in [0.5, 0.6) is 0 Å². The van der Waals surface area contributed by atoms with Crippen LogP contribution in [-0.4, -0.2) is 21.2 Å². The van der Waals surface area contributed by atoms with E-state index in [-0.39, 0.29) is 11.5 Å². The van der Waals surface area contributed by atoms with Crippen molar-refractivity contribution in [3.05, 3.63) is 83.6 Å². The number of amides is 1. The second-order valence-electron chi connectivity index (χ2n) is 5.60. The van der Waals surface area contributed by atoms with Crippen molar-refractivity contribution < 1.29 is 14.0 Å². The number of nitrogens with one attached hydrogen (secondary N) is 1. The summed E-state index contributed by atoms with van der Waals surface area (Å²) in [6, 6.07) is 14.4. The van der Waals surface area contributed by atoms with Gasteiger partial charge in [-0.15, -0.1) is 0 Å². The minimum Gasteiger partial charge on any atom is -0.340 e. The summed E-state index contributed by atoms with van der Waals surface area (Å²) in [7, 11) is 0. The summed E-state index contributed by atoms with van der Waals surface area (Å²) in [5, 5.41) is 2.51. The molecule has 3 aromatic rings. The number of aryl methyl sites for hydroxylation is 1. The van der Waals surface area contributed by atoms with Crippen LogP contribution in [0, 0.1) is 12.7 Å². The summed E-state index contributed by atoms with van der Waals surface area (Å²) in [5.74, 6) is -1.40. The molecule has 25 heavy (non-hydrogen) atoms. The maximum atomic E-state index is 13.0.